The highest BCUT2D eigenvalue weighted by atomic mass is 79.9. The Balaban J connectivity index is 2.18. The maximum absolute atomic E-state index is 4.57. The van der Waals surface area contributed by atoms with Crippen LogP contribution in [0, 0.1) is 0 Å². The number of anilines is 1. The van der Waals surface area contributed by atoms with Gasteiger partial charge in [0.05, 0.1) is 5.52 Å². The van der Waals surface area contributed by atoms with Crippen LogP contribution in [0.1, 0.15) is 0 Å². The number of hydrogen-bond donors (Lipinski definition) is 1. The molecule has 3 aromatic rings. The van der Waals surface area contributed by atoms with Crippen LogP contribution >= 0.6 is 15.9 Å². The molecule has 2 heterocycles. The molecule has 1 aromatic carbocycles. The second kappa shape index (κ2) is 4.46. The maximum atomic E-state index is 4.57. The minimum Gasteiger partial charge on any atom is -0.388 e. The van der Waals surface area contributed by atoms with Gasteiger partial charge in [-0.25, -0.2) is 4.98 Å². The maximum Gasteiger partial charge on any atom is 0.145 e. The number of halogens is 1. The zero-order valence-electron chi connectivity index (χ0n) is 9.89. The van der Waals surface area contributed by atoms with Gasteiger partial charge < -0.3 is 5.32 Å². The molecule has 0 fully saturated rings. The Morgan fingerprint density at radius 2 is 1.89 bits per heavy atom. The smallest absolute Gasteiger partial charge is 0.145 e. The van der Waals surface area contributed by atoms with Gasteiger partial charge in [-0.05, 0) is 52.3 Å². The summed E-state index contributed by atoms with van der Waals surface area (Å²) in [5.74, 6) is 0.945. The van der Waals surface area contributed by atoms with E-state index in [1.807, 2.05) is 43.6 Å². The molecule has 90 valence electrons. The van der Waals surface area contributed by atoms with Crippen LogP contribution < -0.4 is 5.32 Å². The van der Waals surface area contributed by atoms with Crippen LogP contribution in [-0.2, 0) is 0 Å². The van der Waals surface area contributed by atoms with E-state index in [9.17, 15) is 0 Å². The molecule has 0 amide bonds. The van der Waals surface area contributed by atoms with E-state index in [0.29, 0.717) is 0 Å². The Morgan fingerprint density at radius 1 is 1.11 bits per heavy atom. The molecule has 2 aromatic heterocycles. The van der Waals surface area contributed by atoms with Crippen LogP contribution in [0.25, 0.3) is 16.9 Å². The number of fused-ring (bicyclic) bond motifs is 1. The normalized spacial score (nSPS) is 10.8. The quantitative estimate of drug-likeness (QED) is 0.780. The molecule has 1 N–H and O–H groups in total. The average molecular weight is 302 g/mol. The Kier molecular flexibility index (Phi) is 2.80. The molecule has 0 saturated heterocycles. The minimum atomic E-state index is 0.871. The van der Waals surface area contributed by atoms with Crippen molar-refractivity contribution in [2.24, 2.45) is 0 Å². The van der Waals surface area contributed by atoms with Crippen molar-refractivity contribution in [2.75, 3.05) is 12.4 Å². The Hall–Kier alpha value is -1.81. The van der Waals surface area contributed by atoms with Gasteiger partial charge in [0.1, 0.15) is 10.4 Å². The summed E-state index contributed by atoms with van der Waals surface area (Å²) in [6.45, 7) is 0. The van der Waals surface area contributed by atoms with Gasteiger partial charge in [-0.2, -0.15) is 0 Å². The molecule has 0 aliphatic heterocycles. The van der Waals surface area contributed by atoms with Crippen molar-refractivity contribution in [3.63, 3.8) is 0 Å². The third-order valence-corrected chi connectivity index (χ3v) is 3.52. The van der Waals surface area contributed by atoms with E-state index in [2.05, 4.69) is 42.8 Å². The van der Waals surface area contributed by atoms with Crippen molar-refractivity contribution in [3.05, 3.63) is 53.3 Å². The molecule has 18 heavy (non-hydrogen) atoms. The molecule has 0 spiro atoms. The predicted molar refractivity (Wildman–Crippen MR) is 77.9 cm³/mol. The van der Waals surface area contributed by atoms with E-state index in [1.165, 1.54) is 0 Å². The topological polar surface area (TPSA) is 29.3 Å². The highest BCUT2D eigenvalue weighted by molar-refractivity contribution is 9.10. The summed E-state index contributed by atoms with van der Waals surface area (Å²) in [4.78, 5) is 4.57. The second-order valence-electron chi connectivity index (χ2n) is 4.01. The lowest BCUT2D eigenvalue weighted by Crippen LogP contribution is -1.90. The summed E-state index contributed by atoms with van der Waals surface area (Å²) in [5, 5.41) is 3.11. The van der Waals surface area contributed by atoms with E-state index >= 15 is 0 Å². The van der Waals surface area contributed by atoms with Crippen LogP contribution in [0.2, 0.25) is 0 Å². The van der Waals surface area contributed by atoms with E-state index < -0.39 is 0 Å². The number of aromatic nitrogens is 2. The Bertz CT molecular complexity index is 686. The average Bonchev–Trinajstić information content (AvgIpc) is 2.77. The SMILES string of the molecule is CNc1ccc(-c2nc(Br)c3ccccn23)cc1. The number of rotatable bonds is 2. The van der Waals surface area contributed by atoms with Crippen LogP contribution in [0.5, 0.6) is 0 Å². The zero-order chi connectivity index (χ0) is 12.5. The highest BCUT2D eigenvalue weighted by Gasteiger charge is 2.09. The number of nitrogens with one attached hydrogen (secondary N) is 1. The van der Waals surface area contributed by atoms with Crippen molar-refractivity contribution < 1.29 is 0 Å². The van der Waals surface area contributed by atoms with Crippen molar-refractivity contribution >= 4 is 27.1 Å². The second-order valence-corrected chi connectivity index (χ2v) is 4.76. The Morgan fingerprint density at radius 3 is 2.61 bits per heavy atom. The first-order valence-corrected chi connectivity index (χ1v) is 6.49. The van der Waals surface area contributed by atoms with Crippen molar-refractivity contribution in [3.8, 4) is 11.4 Å². The summed E-state index contributed by atoms with van der Waals surface area (Å²) < 4.78 is 2.95. The summed E-state index contributed by atoms with van der Waals surface area (Å²) in [6, 6.07) is 14.3. The third kappa shape index (κ3) is 1.78. The standard InChI is InChI=1S/C14H12BrN3/c1-16-11-7-5-10(6-8-11)14-17-13(15)12-4-2-3-9-18(12)14/h2-9,16H,1H3. The van der Waals surface area contributed by atoms with Gasteiger partial charge in [0.25, 0.3) is 0 Å². The number of imidazole rings is 1. The van der Waals surface area contributed by atoms with E-state index in [4.69, 9.17) is 0 Å². The molecule has 0 unspecified atom stereocenters. The largest absolute Gasteiger partial charge is 0.388 e. The molecule has 3 rings (SSSR count). The fraction of sp³-hybridized carbons (Fsp3) is 0.0714. The highest BCUT2D eigenvalue weighted by Crippen LogP contribution is 2.26. The Labute approximate surface area is 114 Å². The molecule has 0 radical (unpaired) electrons. The first-order chi connectivity index (χ1) is 8.79. The van der Waals surface area contributed by atoms with Crippen molar-refractivity contribution in [1.29, 1.82) is 0 Å². The molecular formula is C14H12BrN3. The predicted octanol–water partition coefficient (Wildman–Crippen LogP) is 3.81. The molecule has 3 nitrogen and oxygen atoms in total. The minimum absolute atomic E-state index is 0.871. The summed E-state index contributed by atoms with van der Waals surface area (Å²) in [6.07, 6.45) is 2.02. The molecule has 4 heteroatoms. The molecule has 0 bridgehead atoms. The van der Waals surface area contributed by atoms with Crippen LogP contribution in [-0.4, -0.2) is 16.4 Å². The molecular weight excluding hydrogens is 290 g/mol. The van der Waals surface area contributed by atoms with Gasteiger partial charge in [0.15, 0.2) is 0 Å². The zero-order valence-corrected chi connectivity index (χ0v) is 11.5. The first kappa shape index (κ1) is 11.3. The van der Waals surface area contributed by atoms with Crippen LogP contribution in [0.3, 0.4) is 0 Å². The van der Waals surface area contributed by atoms with E-state index in [-0.39, 0.29) is 0 Å². The van der Waals surface area contributed by atoms with Gasteiger partial charge in [-0.15, -0.1) is 0 Å². The van der Waals surface area contributed by atoms with Gasteiger partial charge >= 0.3 is 0 Å². The number of nitrogens with zero attached hydrogens (tertiary/aromatic N) is 2. The molecule has 0 atom stereocenters. The molecule has 0 aliphatic carbocycles. The first-order valence-electron chi connectivity index (χ1n) is 5.70. The molecule has 0 saturated carbocycles. The van der Waals surface area contributed by atoms with Crippen LogP contribution in [0.15, 0.2) is 53.3 Å². The third-order valence-electron chi connectivity index (χ3n) is 2.94. The van der Waals surface area contributed by atoms with E-state index in [0.717, 1.165) is 27.2 Å². The number of hydrogen-bond acceptors (Lipinski definition) is 2. The number of benzene rings is 1. The lowest BCUT2D eigenvalue weighted by Gasteiger charge is -2.03. The van der Waals surface area contributed by atoms with Gasteiger partial charge in [-0.1, -0.05) is 6.07 Å². The molecule has 0 aliphatic rings. The van der Waals surface area contributed by atoms with Gasteiger partial charge in [0, 0.05) is 24.5 Å². The fourth-order valence-electron chi connectivity index (χ4n) is 1.99. The number of pyridine rings is 1. The monoisotopic (exact) mass is 301 g/mol. The summed E-state index contributed by atoms with van der Waals surface area (Å²) >= 11 is 3.50. The van der Waals surface area contributed by atoms with E-state index in [1.54, 1.807) is 0 Å². The van der Waals surface area contributed by atoms with Gasteiger partial charge in [-0.3, -0.25) is 4.40 Å². The van der Waals surface area contributed by atoms with Crippen LogP contribution in [0.4, 0.5) is 5.69 Å². The summed E-state index contributed by atoms with van der Waals surface area (Å²) in [7, 11) is 1.91. The lowest BCUT2D eigenvalue weighted by atomic mass is 10.2. The van der Waals surface area contributed by atoms with Crippen molar-refractivity contribution in [1.82, 2.24) is 9.38 Å². The fourth-order valence-corrected chi connectivity index (χ4v) is 2.48. The van der Waals surface area contributed by atoms with Gasteiger partial charge in [0.2, 0.25) is 0 Å². The van der Waals surface area contributed by atoms with Crippen molar-refractivity contribution in [2.45, 2.75) is 0 Å². The lowest BCUT2D eigenvalue weighted by molar-refractivity contribution is 1.16. The summed E-state index contributed by atoms with van der Waals surface area (Å²) in [5.41, 5.74) is 3.27.